The summed E-state index contributed by atoms with van der Waals surface area (Å²) in [6, 6.07) is 13.1. The molecule has 0 aliphatic heterocycles. The van der Waals surface area contributed by atoms with Crippen LogP contribution in [0.5, 0.6) is 0 Å². The minimum absolute atomic E-state index is 0.282. The van der Waals surface area contributed by atoms with Gasteiger partial charge in [-0.2, -0.15) is 0 Å². The van der Waals surface area contributed by atoms with Crippen LogP contribution in [0.4, 0.5) is 0 Å². The van der Waals surface area contributed by atoms with Gasteiger partial charge in [0.1, 0.15) is 0 Å². The van der Waals surface area contributed by atoms with E-state index in [1.54, 1.807) is 11.3 Å². The van der Waals surface area contributed by atoms with E-state index in [2.05, 4.69) is 84.2 Å². The molecular formula is C14H11Br3S. The topological polar surface area (TPSA) is 0 Å². The Morgan fingerprint density at radius 3 is 2.28 bits per heavy atom. The highest BCUT2D eigenvalue weighted by Gasteiger charge is 2.50. The first-order chi connectivity index (χ1) is 8.63. The number of thiophene rings is 1. The van der Waals surface area contributed by atoms with Gasteiger partial charge in [-0.3, -0.25) is 0 Å². The Bertz CT molecular complexity index is 558. The molecule has 0 bridgehead atoms. The van der Waals surface area contributed by atoms with E-state index in [-0.39, 0.29) is 5.41 Å². The highest BCUT2D eigenvalue weighted by atomic mass is 79.9. The van der Waals surface area contributed by atoms with Gasteiger partial charge in [0.2, 0.25) is 0 Å². The molecule has 1 unspecified atom stereocenters. The molecule has 1 atom stereocenters. The van der Waals surface area contributed by atoms with E-state index in [9.17, 15) is 0 Å². The molecule has 0 saturated heterocycles. The predicted molar refractivity (Wildman–Crippen MR) is 88.7 cm³/mol. The molecule has 1 fully saturated rings. The summed E-state index contributed by atoms with van der Waals surface area (Å²) in [4.78, 5) is 0.379. The Hall–Kier alpha value is 0.360. The molecule has 0 N–H and O–H groups in total. The average Bonchev–Trinajstić information content (AvgIpc) is 3.11. The predicted octanol–water partition coefficient (Wildman–Crippen LogP) is 6.44. The highest BCUT2D eigenvalue weighted by molar-refractivity contribution is 9.12. The van der Waals surface area contributed by atoms with E-state index in [4.69, 9.17) is 0 Å². The van der Waals surface area contributed by atoms with Crippen molar-refractivity contribution in [2.75, 3.05) is 0 Å². The minimum Gasteiger partial charge on any atom is -0.121 e. The summed E-state index contributed by atoms with van der Waals surface area (Å²) in [5.74, 6) is 0. The molecule has 1 aromatic carbocycles. The van der Waals surface area contributed by atoms with Gasteiger partial charge in [-0.1, -0.05) is 46.3 Å². The fourth-order valence-corrected chi connectivity index (χ4v) is 6.86. The van der Waals surface area contributed by atoms with Crippen molar-refractivity contribution in [3.63, 3.8) is 0 Å². The summed E-state index contributed by atoms with van der Waals surface area (Å²) in [7, 11) is 0. The number of benzene rings is 1. The van der Waals surface area contributed by atoms with E-state index < -0.39 is 0 Å². The van der Waals surface area contributed by atoms with Crippen LogP contribution in [0.15, 0.2) is 44.0 Å². The maximum atomic E-state index is 3.93. The Morgan fingerprint density at radius 1 is 1.11 bits per heavy atom. The van der Waals surface area contributed by atoms with Gasteiger partial charge < -0.3 is 0 Å². The molecule has 1 saturated carbocycles. The lowest BCUT2D eigenvalue weighted by atomic mass is 9.90. The van der Waals surface area contributed by atoms with Crippen molar-refractivity contribution in [2.24, 2.45) is 0 Å². The standard InChI is InChI=1S/C14H11Br3S/c15-11-8-10(13(17)18-11)12(16)14(6-7-14)9-4-2-1-3-5-9/h1-5,8,12H,6-7H2. The molecule has 2 aromatic rings. The zero-order valence-corrected chi connectivity index (χ0v) is 15.1. The summed E-state index contributed by atoms with van der Waals surface area (Å²) >= 11 is 12.9. The van der Waals surface area contributed by atoms with Crippen LogP contribution in [0.3, 0.4) is 0 Å². The van der Waals surface area contributed by atoms with E-state index in [0.717, 1.165) is 0 Å². The molecular weight excluding hydrogens is 440 g/mol. The molecule has 0 spiro atoms. The van der Waals surface area contributed by atoms with E-state index in [1.807, 2.05) is 0 Å². The number of rotatable bonds is 3. The lowest BCUT2D eigenvalue weighted by Crippen LogP contribution is -2.13. The molecule has 0 nitrogen and oxygen atoms in total. The van der Waals surface area contributed by atoms with Crippen LogP contribution in [-0.2, 0) is 5.41 Å². The van der Waals surface area contributed by atoms with Crippen LogP contribution in [-0.4, -0.2) is 0 Å². The third-order valence-electron chi connectivity index (χ3n) is 3.58. The van der Waals surface area contributed by atoms with Crippen molar-refractivity contribution < 1.29 is 0 Å². The average molecular weight is 451 g/mol. The van der Waals surface area contributed by atoms with Crippen LogP contribution in [0.1, 0.15) is 28.8 Å². The van der Waals surface area contributed by atoms with Gasteiger partial charge in [0, 0.05) is 5.41 Å². The smallest absolute Gasteiger partial charge is 0.0754 e. The fourth-order valence-electron chi connectivity index (χ4n) is 2.42. The third-order valence-corrected chi connectivity index (χ3v) is 7.33. The minimum atomic E-state index is 0.282. The van der Waals surface area contributed by atoms with Crippen molar-refractivity contribution in [2.45, 2.75) is 23.1 Å². The van der Waals surface area contributed by atoms with Gasteiger partial charge in [-0.05, 0) is 61.9 Å². The fraction of sp³-hybridized carbons (Fsp3) is 0.286. The van der Waals surface area contributed by atoms with Gasteiger partial charge >= 0.3 is 0 Å². The number of hydrogen-bond acceptors (Lipinski definition) is 1. The second-order valence-electron chi connectivity index (χ2n) is 4.66. The molecule has 1 aliphatic rings. The van der Waals surface area contributed by atoms with E-state index in [1.165, 1.54) is 31.5 Å². The molecule has 4 heteroatoms. The van der Waals surface area contributed by atoms with Crippen molar-refractivity contribution in [1.29, 1.82) is 0 Å². The van der Waals surface area contributed by atoms with Gasteiger partial charge in [0.05, 0.1) is 12.4 Å². The molecule has 1 heterocycles. The van der Waals surface area contributed by atoms with Crippen LogP contribution < -0.4 is 0 Å². The Balaban J connectivity index is 1.98. The summed E-state index contributed by atoms with van der Waals surface area (Å²) in [5, 5.41) is 0. The lowest BCUT2D eigenvalue weighted by Gasteiger charge is -2.22. The molecule has 0 radical (unpaired) electrons. The highest BCUT2D eigenvalue weighted by Crippen LogP contribution is 2.61. The zero-order valence-electron chi connectivity index (χ0n) is 9.50. The van der Waals surface area contributed by atoms with Gasteiger partial charge in [-0.15, -0.1) is 11.3 Å². The maximum Gasteiger partial charge on any atom is 0.0754 e. The number of hydrogen-bond donors (Lipinski definition) is 0. The Kier molecular flexibility index (Phi) is 3.74. The van der Waals surface area contributed by atoms with E-state index in [0.29, 0.717) is 4.83 Å². The summed E-state index contributed by atoms with van der Waals surface area (Å²) in [5.41, 5.74) is 3.08. The first-order valence-electron chi connectivity index (χ1n) is 5.78. The Morgan fingerprint density at radius 2 is 1.78 bits per heavy atom. The monoisotopic (exact) mass is 448 g/mol. The first kappa shape index (κ1) is 13.3. The maximum absolute atomic E-state index is 3.93. The molecule has 0 amide bonds. The second kappa shape index (κ2) is 5.04. The van der Waals surface area contributed by atoms with Gasteiger partial charge in [0.15, 0.2) is 0 Å². The van der Waals surface area contributed by atoms with Gasteiger partial charge in [-0.25, -0.2) is 0 Å². The lowest BCUT2D eigenvalue weighted by molar-refractivity contribution is 0.681. The van der Waals surface area contributed by atoms with Crippen molar-refractivity contribution in [3.05, 3.63) is 55.1 Å². The van der Waals surface area contributed by atoms with Crippen LogP contribution in [0, 0.1) is 0 Å². The summed E-state index contributed by atoms with van der Waals surface area (Å²) < 4.78 is 2.40. The van der Waals surface area contributed by atoms with E-state index >= 15 is 0 Å². The largest absolute Gasteiger partial charge is 0.121 e. The molecule has 1 aliphatic carbocycles. The van der Waals surface area contributed by atoms with Crippen LogP contribution >= 0.6 is 59.1 Å². The first-order valence-corrected chi connectivity index (χ1v) is 9.10. The molecule has 1 aromatic heterocycles. The SMILES string of the molecule is Brc1cc(C(Br)C2(c3ccccc3)CC2)c(Br)s1. The number of alkyl halides is 1. The van der Waals surface area contributed by atoms with Crippen LogP contribution in [0.25, 0.3) is 0 Å². The quantitative estimate of drug-likeness (QED) is 0.472. The number of halogens is 3. The summed E-state index contributed by atoms with van der Waals surface area (Å²) in [6.07, 6.45) is 2.51. The Labute approximate surface area is 136 Å². The van der Waals surface area contributed by atoms with Crippen molar-refractivity contribution in [1.82, 2.24) is 0 Å². The third kappa shape index (κ3) is 2.26. The summed E-state index contributed by atoms with van der Waals surface area (Å²) in [6.45, 7) is 0. The van der Waals surface area contributed by atoms with Crippen molar-refractivity contribution >= 4 is 59.1 Å². The molecule has 94 valence electrons. The molecule has 18 heavy (non-hydrogen) atoms. The van der Waals surface area contributed by atoms with Gasteiger partial charge in [0.25, 0.3) is 0 Å². The van der Waals surface area contributed by atoms with Crippen molar-refractivity contribution in [3.8, 4) is 0 Å². The molecule has 3 rings (SSSR count). The normalized spacial score (nSPS) is 18.6. The second-order valence-corrected chi connectivity index (χ2v) is 9.33. The van der Waals surface area contributed by atoms with Crippen LogP contribution in [0.2, 0.25) is 0 Å². The zero-order chi connectivity index (χ0) is 12.8.